The number of hydrogen-bond acceptors (Lipinski definition) is 6. The van der Waals surface area contributed by atoms with Gasteiger partial charge in [0.15, 0.2) is 5.82 Å². The Morgan fingerprint density at radius 1 is 1.60 bits per heavy atom. The highest BCUT2D eigenvalue weighted by molar-refractivity contribution is 6.32. The maximum absolute atomic E-state index is 9.15. The minimum absolute atomic E-state index is 0.0682. The molecule has 2 rings (SSSR count). The molecule has 7 heteroatoms. The Balaban J connectivity index is 2.19. The third-order valence-corrected chi connectivity index (χ3v) is 2.69. The third-order valence-electron chi connectivity index (χ3n) is 2.41. The average molecular weight is 230 g/mol. The van der Waals surface area contributed by atoms with Crippen LogP contribution in [0.3, 0.4) is 0 Å². The number of anilines is 2. The molecule has 0 saturated heterocycles. The van der Waals surface area contributed by atoms with Gasteiger partial charge in [0.05, 0.1) is 18.3 Å². The standard InChI is InChI=1S/C8H12ClN5O/c9-5-3-11-7(14-10)12-6(5)13-8(4-15)1-2-8/h3,15H,1-2,4,10H2,(H2,11,12,13,14). The molecular weight excluding hydrogens is 218 g/mol. The molecule has 1 saturated carbocycles. The fourth-order valence-corrected chi connectivity index (χ4v) is 1.39. The Morgan fingerprint density at radius 2 is 2.33 bits per heavy atom. The fourth-order valence-electron chi connectivity index (χ4n) is 1.25. The monoisotopic (exact) mass is 229 g/mol. The van der Waals surface area contributed by atoms with Gasteiger partial charge in [0.25, 0.3) is 0 Å². The lowest BCUT2D eigenvalue weighted by molar-refractivity contribution is 0.266. The summed E-state index contributed by atoms with van der Waals surface area (Å²) < 4.78 is 0. The van der Waals surface area contributed by atoms with E-state index in [1.807, 2.05) is 0 Å². The van der Waals surface area contributed by atoms with E-state index in [1.165, 1.54) is 6.20 Å². The van der Waals surface area contributed by atoms with Crippen LogP contribution in [0.5, 0.6) is 0 Å². The van der Waals surface area contributed by atoms with Gasteiger partial charge in [-0.25, -0.2) is 10.8 Å². The van der Waals surface area contributed by atoms with Gasteiger partial charge in [-0.15, -0.1) is 0 Å². The number of aliphatic hydroxyl groups excluding tert-OH is 1. The molecule has 0 spiro atoms. The lowest BCUT2D eigenvalue weighted by Gasteiger charge is -2.16. The predicted octanol–water partition coefficient (Wildman–Crippen LogP) is 0.352. The summed E-state index contributed by atoms with van der Waals surface area (Å²) in [6.45, 7) is 0.0682. The maximum Gasteiger partial charge on any atom is 0.239 e. The lowest BCUT2D eigenvalue weighted by Crippen LogP contribution is -2.26. The van der Waals surface area contributed by atoms with Crippen molar-refractivity contribution in [3.63, 3.8) is 0 Å². The van der Waals surface area contributed by atoms with Crippen molar-refractivity contribution < 1.29 is 5.11 Å². The van der Waals surface area contributed by atoms with Crippen LogP contribution in [0, 0.1) is 0 Å². The quantitative estimate of drug-likeness (QED) is 0.440. The van der Waals surface area contributed by atoms with Crippen LogP contribution >= 0.6 is 11.6 Å². The van der Waals surface area contributed by atoms with Gasteiger partial charge < -0.3 is 10.4 Å². The Hall–Kier alpha value is -1.11. The number of nitrogens with zero attached hydrogens (tertiary/aromatic N) is 2. The second kappa shape index (κ2) is 3.80. The van der Waals surface area contributed by atoms with Crippen molar-refractivity contribution in [1.82, 2.24) is 9.97 Å². The van der Waals surface area contributed by atoms with E-state index >= 15 is 0 Å². The number of hydrazine groups is 1. The molecule has 1 aliphatic carbocycles. The number of nitrogens with two attached hydrogens (primary N) is 1. The molecule has 1 aliphatic rings. The second-order valence-electron chi connectivity index (χ2n) is 3.60. The Morgan fingerprint density at radius 3 is 2.87 bits per heavy atom. The molecule has 6 nitrogen and oxygen atoms in total. The first kappa shape index (κ1) is 10.4. The van der Waals surface area contributed by atoms with Gasteiger partial charge in [0.2, 0.25) is 5.95 Å². The van der Waals surface area contributed by atoms with Crippen molar-refractivity contribution in [2.45, 2.75) is 18.4 Å². The first-order valence-corrected chi connectivity index (χ1v) is 4.95. The summed E-state index contributed by atoms with van der Waals surface area (Å²) >= 11 is 5.91. The minimum atomic E-state index is -0.260. The van der Waals surface area contributed by atoms with E-state index in [2.05, 4.69) is 20.7 Å². The van der Waals surface area contributed by atoms with Crippen molar-refractivity contribution in [3.05, 3.63) is 11.2 Å². The largest absolute Gasteiger partial charge is 0.394 e. The highest BCUT2D eigenvalue weighted by Gasteiger charge is 2.42. The molecule has 1 heterocycles. The van der Waals surface area contributed by atoms with Crippen LogP contribution in [-0.2, 0) is 0 Å². The molecule has 0 unspecified atom stereocenters. The predicted molar refractivity (Wildman–Crippen MR) is 57.5 cm³/mol. The molecule has 0 bridgehead atoms. The number of hydrogen-bond donors (Lipinski definition) is 4. The summed E-state index contributed by atoms with van der Waals surface area (Å²) in [7, 11) is 0. The van der Waals surface area contributed by atoms with E-state index in [0.29, 0.717) is 10.8 Å². The van der Waals surface area contributed by atoms with E-state index in [9.17, 15) is 0 Å². The van der Waals surface area contributed by atoms with Crippen molar-refractivity contribution in [3.8, 4) is 0 Å². The summed E-state index contributed by atoms with van der Waals surface area (Å²) in [5.74, 6) is 5.96. The zero-order valence-corrected chi connectivity index (χ0v) is 8.75. The molecule has 0 aliphatic heterocycles. The van der Waals surface area contributed by atoms with Gasteiger partial charge in [-0.3, -0.25) is 5.43 Å². The second-order valence-corrected chi connectivity index (χ2v) is 4.01. The Kier molecular flexibility index (Phi) is 2.64. The number of nitrogen functional groups attached to an aromatic ring is 1. The smallest absolute Gasteiger partial charge is 0.239 e. The molecule has 0 aromatic carbocycles. The van der Waals surface area contributed by atoms with Crippen LogP contribution in [0.4, 0.5) is 11.8 Å². The molecule has 1 aromatic heterocycles. The van der Waals surface area contributed by atoms with Crippen molar-refractivity contribution in [1.29, 1.82) is 0 Å². The van der Waals surface area contributed by atoms with Crippen LogP contribution in [0.2, 0.25) is 5.02 Å². The molecule has 0 radical (unpaired) electrons. The Labute approximate surface area is 91.8 Å². The van der Waals surface area contributed by atoms with Crippen molar-refractivity contribution in [2.24, 2.45) is 5.84 Å². The maximum atomic E-state index is 9.15. The average Bonchev–Trinajstić information content (AvgIpc) is 3.02. The van der Waals surface area contributed by atoms with E-state index in [1.54, 1.807) is 0 Å². The zero-order chi connectivity index (χ0) is 10.9. The molecule has 5 N–H and O–H groups in total. The van der Waals surface area contributed by atoms with Crippen LogP contribution in [0.15, 0.2) is 6.20 Å². The minimum Gasteiger partial charge on any atom is -0.394 e. The van der Waals surface area contributed by atoms with Crippen molar-refractivity contribution in [2.75, 3.05) is 17.3 Å². The number of nitrogens with one attached hydrogen (secondary N) is 2. The van der Waals surface area contributed by atoms with Gasteiger partial charge in [-0.05, 0) is 12.8 Å². The van der Waals surface area contributed by atoms with Gasteiger partial charge in [0, 0.05) is 0 Å². The zero-order valence-electron chi connectivity index (χ0n) is 8.00. The van der Waals surface area contributed by atoms with Crippen LogP contribution in [0.1, 0.15) is 12.8 Å². The number of aliphatic hydroxyl groups is 1. The molecule has 1 aromatic rings. The van der Waals surface area contributed by atoms with E-state index in [4.69, 9.17) is 22.6 Å². The fraction of sp³-hybridized carbons (Fsp3) is 0.500. The summed E-state index contributed by atoms with van der Waals surface area (Å²) in [6.07, 6.45) is 3.28. The molecule has 1 fully saturated rings. The molecule has 82 valence electrons. The van der Waals surface area contributed by atoms with Crippen molar-refractivity contribution >= 4 is 23.4 Å². The first-order valence-electron chi connectivity index (χ1n) is 4.57. The summed E-state index contributed by atoms with van der Waals surface area (Å²) in [5, 5.41) is 12.7. The highest BCUT2D eigenvalue weighted by atomic mass is 35.5. The number of aromatic nitrogens is 2. The van der Waals surface area contributed by atoms with E-state index in [0.717, 1.165) is 12.8 Å². The van der Waals surface area contributed by atoms with E-state index < -0.39 is 0 Å². The van der Waals surface area contributed by atoms with Gasteiger partial charge in [-0.2, -0.15) is 4.98 Å². The highest BCUT2D eigenvalue weighted by Crippen LogP contribution is 2.39. The van der Waals surface area contributed by atoms with E-state index in [-0.39, 0.29) is 18.1 Å². The summed E-state index contributed by atoms with van der Waals surface area (Å²) in [5.41, 5.74) is 2.08. The first-order chi connectivity index (χ1) is 7.19. The van der Waals surface area contributed by atoms with Crippen LogP contribution in [-0.4, -0.2) is 27.2 Å². The number of rotatable bonds is 4. The molecular formula is C8H12ClN5O. The normalized spacial score (nSPS) is 17.3. The van der Waals surface area contributed by atoms with Gasteiger partial charge in [-0.1, -0.05) is 11.6 Å². The lowest BCUT2D eigenvalue weighted by atomic mass is 10.3. The molecule has 0 atom stereocenters. The SMILES string of the molecule is NNc1ncc(Cl)c(NC2(CO)CC2)n1. The topological polar surface area (TPSA) is 96.1 Å². The Bertz CT molecular complexity index is 368. The van der Waals surface area contributed by atoms with Crippen LogP contribution in [0.25, 0.3) is 0 Å². The van der Waals surface area contributed by atoms with Gasteiger partial charge >= 0.3 is 0 Å². The summed E-state index contributed by atoms with van der Waals surface area (Å²) in [4.78, 5) is 7.91. The summed E-state index contributed by atoms with van der Waals surface area (Å²) in [6, 6.07) is 0. The number of halogens is 1. The van der Waals surface area contributed by atoms with Crippen LogP contribution < -0.4 is 16.6 Å². The molecule has 15 heavy (non-hydrogen) atoms. The van der Waals surface area contributed by atoms with Gasteiger partial charge in [0.1, 0.15) is 5.02 Å². The third kappa shape index (κ3) is 2.11. The molecule has 0 amide bonds.